The fourth-order valence-corrected chi connectivity index (χ4v) is 1.07. The van der Waals surface area contributed by atoms with Crippen molar-refractivity contribution in [1.82, 2.24) is 5.32 Å². The number of nitrogens with two attached hydrogens (primary N) is 1. The van der Waals surface area contributed by atoms with Gasteiger partial charge in [0.25, 0.3) is 0 Å². The first-order valence-corrected chi connectivity index (χ1v) is 4.42. The molecule has 0 radical (unpaired) electrons. The molecule has 80 valence electrons. The molecule has 0 heterocycles. The number of rotatable bonds is 3. The highest BCUT2D eigenvalue weighted by molar-refractivity contribution is 6.34. The van der Waals surface area contributed by atoms with Crippen LogP contribution in [-0.4, -0.2) is 23.5 Å². The zero-order valence-electron chi connectivity index (χ0n) is 8.01. The van der Waals surface area contributed by atoms with Crippen LogP contribution in [0.4, 0.5) is 0 Å². The van der Waals surface area contributed by atoms with Crippen molar-refractivity contribution in [3.63, 3.8) is 0 Å². The predicted octanol–water partition coefficient (Wildman–Crippen LogP) is -0.678. The minimum absolute atomic E-state index is 0.0359. The highest BCUT2D eigenvalue weighted by Gasteiger charge is 2.11. The fourth-order valence-electron chi connectivity index (χ4n) is 1.07. The van der Waals surface area contributed by atoms with Gasteiger partial charge in [-0.2, -0.15) is 0 Å². The van der Waals surface area contributed by atoms with Gasteiger partial charge in [0.15, 0.2) is 0 Å². The lowest BCUT2D eigenvalue weighted by Gasteiger charge is -2.10. The number of nitrogens with one attached hydrogen (secondary N) is 1. The van der Waals surface area contributed by atoms with Crippen molar-refractivity contribution in [3.8, 4) is 0 Å². The van der Waals surface area contributed by atoms with E-state index in [9.17, 15) is 14.7 Å². The van der Waals surface area contributed by atoms with Crippen molar-refractivity contribution in [1.29, 1.82) is 0 Å². The van der Waals surface area contributed by atoms with E-state index in [1.165, 1.54) is 0 Å². The number of amides is 2. The molecule has 0 aliphatic carbocycles. The van der Waals surface area contributed by atoms with Crippen LogP contribution in [0.2, 0.25) is 0 Å². The van der Waals surface area contributed by atoms with Gasteiger partial charge in [0.2, 0.25) is 0 Å². The lowest BCUT2D eigenvalue weighted by Crippen LogP contribution is -2.38. The Hall–Kier alpha value is -1.88. The van der Waals surface area contributed by atoms with Crippen LogP contribution >= 0.6 is 0 Å². The molecule has 4 N–H and O–H groups in total. The van der Waals surface area contributed by atoms with Crippen LogP contribution in [0.1, 0.15) is 11.7 Å². The zero-order chi connectivity index (χ0) is 11.3. The molecule has 0 saturated carbocycles. The molecule has 0 fully saturated rings. The number of carbonyl (C=O) groups is 2. The molecule has 15 heavy (non-hydrogen) atoms. The van der Waals surface area contributed by atoms with Gasteiger partial charge in [-0.1, -0.05) is 30.3 Å². The van der Waals surface area contributed by atoms with Gasteiger partial charge in [-0.15, -0.1) is 0 Å². The van der Waals surface area contributed by atoms with Crippen LogP contribution in [0.25, 0.3) is 0 Å². The van der Waals surface area contributed by atoms with E-state index in [1.54, 1.807) is 24.3 Å². The monoisotopic (exact) mass is 208 g/mol. The topological polar surface area (TPSA) is 92.4 Å². The lowest BCUT2D eigenvalue weighted by molar-refractivity contribution is -0.137. The smallest absolute Gasteiger partial charge is 0.309 e. The highest BCUT2D eigenvalue weighted by Crippen LogP contribution is 2.10. The second-order valence-corrected chi connectivity index (χ2v) is 3.00. The van der Waals surface area contributed by atoms with Gasteiger partial charge in [0.05, 0.1) is 6.10 Å². The average Bonchev–Trinajstić information content (AvgIpc) is 2.26. The van der Waals surface area contributed by atoms with Crippen molar-refractivity contribution in [2.45, 2.75) is 6.10 Å². The summed E-state index contributed by atoms with van der Waals surface area (Å²) in [4.78, 5) is 21.2. The SMILES string of the molecule is NC(=O)C(=O)NCC(O)c1ccccc1. The second kappa shape index (κ2) is 5.11. The van der Waals surface area contributed by atoms with Crippen molar-refractivity contribution >= 4 is 11.8 Å². The Morgan fingerprint density at radius 2 is 1.93 bits per heavy atom. The quantitative estimate of drug-likeness (QED) is 0.575. The Bertz CT molecular complexity index is 351. The molecule has 0 saturated heterocycles. The lowest BCUT2D eigenvalue weighted by atomic mass is 10.1. The summed E-state index contributed by atoms with van der Waals surface area (Å²) in [5.41, 5.74) is 5.40. The summed E-state index contributed by atoms with van der Waals surface area (Å²) in [6.45, 7) is -0.0359. The molecule has 1 rings (SSSR count). The summed E-state index contributed by atoms with van der Waals surface area (Å²) in [6, 6.07) is 8.81. The molecule has 1 atom stereocenters. The summed E-state index contributed by atoms with van der Waals surface area (Å²) in [7, 11) is 0. The molecule has 1 aromatic rings. The van der Waals surface area contributed by atoms with E-state index in [2.05, 4.69) is 5.32 Å². The number of benzene rings is 1. The number of carbonyl (C=O) groups excluding carboxylic acids is 2. The number of primary amides is 1. The Morgan fingerprint density at radius 3 is 2.47 bits per heavy atom. The van der Waals surface area contributed by atoms with Crippen LogP contribution < -0.4 is 11.1 Å². The van der Waals surface area contributed by atoms with Crippen molar-refractivity contribution in [2.75, 3.05) is 6.54 Å². The van der Waals surface area contributed by atoms with Gasteiger partial charge >= 0.3 is 11.8 Å². The predicted molar refractivity (Wildman–Crippen MR) is 53.6 cm³/mol. The zero-order valence-corrected chi connectivity index (χ0v) is 8.01. The average molecular weight is 208 g/mol. The van der Waals surface area contributed by atoms with E-state index >= 15 is 0 Å². The number of hydrogen-bond donors (Lipinski definition) is 3. The largest absolute Gasteiger partial charge is 0.387 e. The van der Waals surface area contributed by atoms with Crippen molar-refractivity contribution in [3.05, 3.63) is 35.9 Å². The van der Waals surface area contributed by atoms with Crippen molar-refractivity contribution in [2.24, 2.45) is 5.73 Å². The molecule has 0 aliphatic rings. The number of aliphatic hydroxyl groups excluding tert-OH is 1. The van der Waals surface area contributed by atoms with E-state index in [0.29, 0.717) is 5.56 Å². The first-order valence-electron chi connectivity index (χ1n) is 4.42. The first kappa shape index (κ1) is 11.2. The standard InChI is InChI=1S/C10H12N2O3/c11-9(14)10(15)12-6-8(13)7-4-2-1-3-5-7/h1-5,8,13H,6H2,(H2,11,14)(H,12,15). The maximum absolute atomic E-state index is 10.8. The number of hydrogen-bond acceptors (Lipinski definition) is 3. The third-order valence-corrected chi connectivity index (χ3v) is 1.86. The number of aliphatic hydroxyl groups is 1. The van der Waals surface area contributed by atoms with E-state index in [1.807, 2.05) is 6.07 Å². The Balaban J connectivity index is 2.47. The molecule has 5 heteroatoms. The molecular weight excluding hydrogens is 196 g/mol. The summed E-state index contributed by atoms with van der Waals surface area (Å²) in [5.74, 6) is -1.96. The maximum Gasteiger partial charge on any atom is 0.309 e. The maximum atomic E-state index is 10.8. The molecule has 0 aromatic heterocycles. The van der Waals surface area contributed by atoms with Gasteiger partial charge in [-0.05, 0) is 5.56 Å². The van der Waals surface area contributed by atoms with Crippen LogP contribution in [0.5, 0.6) is 0 Å². The molecule has 1 unspecified atom stereocenters. The van der Waals surface area contributed by atoms with Crippen molar-refractivity contribution < 1.29 is 14.7 Å². The fraction of sp³-hybridized carbons (Fsp3) is 0.200. The summed E-state index contributed by atoms with van der Waals surface area (Å²) in [6.07, 6.45) is -0.838. The van der Waals surface area contributed by atoms with Gasteiger partial charge in [0, 0.05) is 6.54 Å². The van der Waals surface area contributed by atoms with Gasteiger partial charge < -0.3 is 16.2 Å². The van der Waals surface area contributed by atoms with Gasteiger partial charge in [-0.3, -0.25) is 9.59 Å². The van der Waals surface area contributed by atoms with E-state index in [-0.39, 0.29) is 6.54 Å². The Kier molecular flexibility index (Phi) is 3.82. The molecule has 2 amide bonds. The van der Waals surface area contributed by atoms with Crippen LogP contribution in [0.15, 0.2) is 30.3 Å². The van der Waals surface area contributed by atoms with Crippen LogP contribution in [0, 0.1) is 0 Å². The molecule has 0 bridgehead atoms. The normalized spacial score (nSPS) is 11.8. The first-order chi connectivity index (χ1) is 7.11. The minimum atomic E-state index is -1.06. The van der Waals surface area contributed by atoms with E-state index in [0.717, 1.165) is 0 Å². The molecular formula is C10H12N2O3. The van der Waals surface area contributed by atoms with E-state index in [4.69, 9.17) is 5.73 Å². The molecule has 0 spiro atoms. The molecule has 1 aromatic carbocycles. The molecule has 5 nitrogen and oxygen atoms in total. The summed E-state index contributed by atoms with van der Waals surface area (Å²) in [5, 5.41) is 11.8. The third kappa shape index (κ3) is 3.40. The second-order valence-electron chi connectivity index (χ2n) is 3.00. The van der Waals surface area contributed by atoms with Crippen LogP contribution in [-0.2, 0) is 9.59 Å². The summed E-state index contributed by atoms with van der Waals surface area (Å²) >= 11 is 0. The molecule has 0 aliphatic heterocycles. The third-order valence-electron chi connectivity index (χ3n) is 1.86. The highest BCUT2D eigenvalue weighted by atomic mass is 16.3. The van der Waals surface area contributed by atoms with Crippen LogP contribution in [0.3, 0.4) is 0 Å². The minimum Gasteiger partial charge on any atom is -0.387 e. The Morgan fingerprint density at radius 1 is 1.33 bits per heavy atom. The van der Waals surface area contributed by atoms with Gasteiger partial charge in [0.1, 0.15) is 0 Å². The van der Waals surface area contributed by atoms with E-state index < -0.39 is 17.9 Å². The summed E-state index contributed by atoms with van der Waals surface area (Å²) < 4.78 is 0. The van der Waals surface area contributed by atoms with Gasteiger partial charge in [-0.25, -0.2) is 0 Å². The Labute approximate surface area is 86.9 Å².